The molecule has 3 heterocycles. The standard InChI is InChI=1S/C20H18F2N6O/c1-13(12-27-20-17(11-26-27)23-6-7-24-20)2-3-19(29)28-18(4-5-25-28)14-8-15(21)10-16(22)9-14/h5-11,18H,1-4,12H2. The smallest absolute Gasteiger partial charge is 0.243 e. The van der Waals surface area contributed by atoms with Gasteiger partial charge in [-0.25, -0.2) is 28.4 Å². The van der Waals surface area contributed by atoms with Crippen LogP contribution in [0.5, 0.6) is 0 Å². The van der Waals surface area contributed by atoms with Crippen molar-refractivity contribution in [3.05, 3.63) is 66.1 Å². The molecule has 1 amide bonds. The van der Waals surface area contributed by atoms with Crippen molar-refractivity contribution in [2.45, 2.75) is 31.8 Å². The fraction of sp³-hybridized carbons (Fsp3) is 0.250. The Morgan fingerprint density at radius 3 is 2.69 bits per heavy atom. The third kappa shape index (κ3) is 4.03. The second kappa shape index (κ2) is 7.86. The molecule has 4 rings (SSSR count). The Morgan fingerprint density at radius 2 is 1.90 bits per heavy atom. The summed E-state index contributed by atoms with van der Waals surface area (Å²) in [4.78, 5) is 21.1. The Kier molecular flexibility index (Phi) is 5.11. The van der Waals surface area contributed by atoms with Gasteiger partial charge in [0, 0.05) is 37.5 Å². The number of amides is 1. The summed E-state index contributed by atoms with van der Waals surface area (Å²) in [5, 5.41) is 9.63. The van der Waals surface area contributed by atoms with Crippen LogP contribution in [-0.2, 0) is 11.3 Å². The van der Waals surface area contributed by atoms with Crippen molar-refractivity contribution in [2.75, 3.05) is 0 Å². The Bertz CT molecular complexity index is 1090. The van der Waals surface area contributed by atoms with E-state index in [4.69, 9.17) is 0 Å². The third-order valence-electron chi connectivity index (χ3n) is 4.69. The number of carbonyl (C=O) groups excluding carboxylic acids is 1. The lowest BCUT2D eigenvalue weighted by Gasteiger charge is -2.22. The number of allylic oxidation sites excluding steroid dienone is 1. The molecule has 148 valence electrons. The zero-order chi connectivity index (χ0) is 20.4. The summed E-state index contributed by atoms with van der Waals surface area (Å²) in [6.07, 6.45) is 7.41. The van der Waals surface area contributed by atoms with Gasteiger partial charge in [0.25, 0.3) is 0 Å². The van der Waals surface area contributed by atoms with Crippen molar-refractivity contribution in [3.63, 3.8) is 0 Å². The highest BCUT2D eigenvalue weighted by Gasteiger charge is 2.28. The molecule has 1 unspecified atom stereocenters. The molecule has 2 aromatic heterocycles. The lowest BCUT2D eigenvalue weighted by atomic mass is 10.0. The van der Waals surface area contributed by atoms with Gasteiger partial charge in [0.15, 0.2) is 5.65 Å². The Balaban J connectivity index is 1.38. The van der Waals surface area contributed by atoms with E-state index >= 15 is 0 Å². The summed E-state index contributed by atoms with van der Waals surface area (Å²) in [5.74, 6) is -1.59. The molecule has 0 saturated carbocycles. The average Bonchev–Trinajstić information content (AvgIpc) is 3.33. The highest BCUT2D eigenvalue weighted by atomic mass is 19.1. The zero-order valence-corrected chi connectivity index (χ0v) is 15.5. The van der Waals surface area contributed by atoms with Gasteiger partial charge in [0.2, 0.25) is 5.91 Å². The summed E-state index contributed by atoms with van der Waals surface area (Å²) < 4.78 is 28.8. The Hall–Kier alpha value is -3.49. The van der Waals surface area contributed by atoms with Crippen LogP contribution in [0.25, 0.3) is 11.2 Å². The van der Waals surface area contributed by atoms with Gasteiger partial charge < -0.3 is 0 Å². The lowest BCUT2D eigenvalue weighted by molar-refractivity contribution is -0.133. The van der Waals surface area contributed by atoms with Crippen LogP contribution in [0.15, 0.2) is 54.0 Å². The molecule has 0 radical (unpaired) electrons. The first-order valence-corrected chi connectivity index (χ1v) is 9.11. The molecule has 3 aromatic rings. The summed E-state index contributed by atoms with van der Waals surface area (Å²) in [7, 11) is 0. The molecule has 1 aliphatic heterocycles. The summed E-state index contributed by atoms with van der Waals surface area (Å²) >= 11 is 0. The highest BCUT2D eigenvalue weighted by molar-refractivity contribution is 5.80. The Morgan fingerprint density at radius 1 is 1.14 bits per heavy atom. The summed E-state index contributed by atoms with van der Waals surface area (Å²) in [6, 6.07) is 2.75. The highest BCUT2D eigenvalue weighted by Crippen LogP contribution is 2.30. The molecule has 1 aromatic carbocycles. The van der Waals surface area contributed by atoms with Gasteiger partial charge in [0.1, 0.15) is 17.2 Å². The normalized spacial score (nSPS) is 15.9. The van der Waals surface area contributed by atoms with Gasteiger partial charge in [0.05, 0.1) is 18.8 Å². The molecule has 0 aliphatic carbocycles. The van der Waals surface area contributed by atoms with E-state index < -0.39 is 17.7 Å². The first-order valence-electron chi connectivity index (χ1n) is 9.11. The number of hydrogen-bond acceptors (Lipinski definition) is 5. The number of aromatic nitrogens is 4. The minimum atomic E-state index is -0.678. The SMILES string of the molecule is C=C(CCC(=O)N1N=CCC1c1cc(F)cc(F)c1)Cn1ncc2nccnc21. The lowest BCUT2D eigenvalue weighted by Crippen LogP contribution is -2.27. The minimum Gasteiger partial charge on any atom is -0.273 e. The average molecular weight is 396 g/mol. The minimum absolute atomic E-state index is 0.176. The van der Waals surface area contributed by atoms with Gasteiger partial charge >= 0.3 is 0 Å². The number of halogens is 2. The first-order chi connectivity index (χ1) is 14.0. The number of nitrogens with zero attached hydrogens (tertiary/aromatic N) is 6. The van der Waals surface area contributed by atoms with Gasteiger partial charge in [-0.15, -0.1) is 0 Å². The van der Waals surface area contributed by atoms with Gasteiger partial charge in [-0.3, -0.25) is 4.79 Å². The van der Waals surface area contributed by atoms with E-state index in [1.807, 2.05) is 0 Å². The van der Waals surface area contributed by atoms with Crippen molar-refractivity contribution in [2.24, 2.45) is 5.10 Å². The van der Waals surface area contributed by atoms with Crippen LogP contribution in [0, 0.1) is 11.6 Å². The number of rotatable bonds is 6. The van der Waals surface area contributed by atoms with Crippen LogP contribution in [0.2, 0.25) is 0 Å². The van der Waals surface area contributed by atoms with E-state index in [2.05, 4.69) is 26.7 Å². The Labute approximate surface area is 165 Å². The van der Waals surface area contributed by atoms with Crippen LogP contribution in [-0.4, -0.2) is 36.9 Å². The van der Waals surface area contributed by atoms with E-state index in [-0.39, 0.29) is 12.3 Å². The van der Waals surface area contributed by atoms with E-state index in [0.717, 1.165) is 11.6 Å². The molecule has 1 aliphatic rings. The molecule has 9 heteroatoms. The van der Waals surface area contributed by atoms with E-state index in [0.29, 0.717) is 36.1 Å². The van der Waals surface area contributed by atoms with Gasteiger partial charge in [-0.05, 0) is 24.1 Å². The van der Waals surface area contributed by atoms with Crippen LogP contribution in [0.3, 0.4) is 0 Å². The van der Waals surface area contributed by atoms with E-state index in [9.17, 15) is 13.6 Å². The van der Waals surface area contributed by atoms with Crippen molar-refractivity contribution < 1.29 is 13.6 Å². The fourth-order valence-electron chi connectivity index (χ4n) is 3.31. The third-order valence-corrected chi connectivity index (χ3v) is 4.69. The second-order valence-corrected chi connectivity index (χ2v) is 6.81. The molecule has 1 atom stereocenters. The van der Waals surface area contributed by atoms with Crippen molar-refractivity contribution in [1.29, 1.82) is 0 Å². The van der Waals surface area contributed by atoms with Gasteiger partial charge in [-0.2, -0.15) is 10.2 Å². The molecular formula is C20H18F2N6O. The quantitative estimate of drug-likeness (QED) is 0.599. The maximum absolute atomic E-state index is 13.5. The molecule has 0 fully saturated rings. The second-order valence-electron chi connectivity index (χ2n) is 6.81. The summed E-state index contributed by atoms with van der Waals surface area (Å²) in [5.41, 5.74) is 2.52. The largest absolute Gasteiger partial charge is 0.273 e. The maximum atomic E-state index is 13.5. The molecule has 0 bridgehead atoms. The van der Waals surface area contributed by atoms with Crippen molar-refractivity contribution >= 4 is 23.3 Å². The van der Waals surface area contributed by atoms with Crippen LogP contribution < -0.4 is 0 Å². The van der Waals surface area contributed by atoms with E-state index in [1.165, 1.54) is 17.1 Å². The van der Waals surface area contributed by atoms with Gasteiger partial charge in [-0.1, -0.05) is 12.2 Å². The molecule has 7 nitrogen and oxygen atoms in total. The topological polar surface area (TPSA) is 76.3 Å². The monoisotopic (exact) mass is 396 g/mol. The molecule has 29 heavy (non-hydrogen) atoms. The van der Waals surface area contributed by atoms with Crippen LogP contribution in [0.1, 0.15) is 30.9 Å². The van der Waals surface area contributed by atoms with Crippen LogP contribution in [0.4, 0.5) is 8.78 Å². The fourth-order valence-corrected chi connectivity index (χ4v) is 3.31. The first kappa shape index (κ1) is 18.9. The van der Waals surface area contributed by atoms with Crippen molar-refractivity contribution in [3.8, 4) is 0 Å². The predicted octanol–water partition coefficient (Wildman–Crippen LogP) is 3.40. The number of fused-ring (bicyclic) bond motifs is 1. The number of benzene rings is 1. The number of carbonyl (C=O) groups is 1. The number of hydrogen-bond donors (Lipinski definition) is 0. The number of hydrazone groups is 1. The van der Waals surface area contributed by atoms with Crippen molar-refractivity contribution in [1.82, 2.24) is 24.8 Å². The van der Waals surface area contributed by atoms with Crippen LogP contribution >= 0.6 is 0 Å². The molecule has 0 N–H and O–H groups in total. The summed E-state index contributed by atoms with van der Waals surface area (Å²) in [6.45, 7) is 4.43. The van der Waals surface area contributed by atoms with E-state index in [1.54, 1.807) is 29.5 Å². The maximum Gasteiger partial charge on any atom is 0.243 e. The zero-order valence-electron chi connectivity index (χ0n) is 15.5. The molecule has 0 spiro atoms. The molecule has 0 saturated heterocycles. The molecular weight excluding hydrogens is 378 g/mol. The predicted molar refractivity (Wildman–Crippen MR) is 103 cm³/mol.